The van der Waals surface area contributed by atoms with E-state index in [9.17, 15) is 0 Å². The van der Waals surface area contributed by atoms with E-state index in [1.54, 1.807) is 0 Å². The lowest BCUT2D eigenvalue weighted by molar-refractivity contribution is 0.352. The molecule has 1 aliphatic carbocycles. The number of hydrogen-bond acceptors (Lipinski definition) is 4. The Morgan fingerprint density at radius 3 is 2.75 bits per heavy atom. The molecule has 4 nitrogen and oxygen atoms in total. The molecule has 0 spiro atoms. The first-order chi connectivity index (χ1) is 9.57. The molecular formula is C16H21N3O. The number of hydrogen-bond donors (Lipinski definition) is 1. The van der Waals surface area contributed by atoms with Crippen molar-refractivity contribution < 1.29 is 4.52 Å². The minimum absolute atomic E-state index is 0.372. The van der Waals surface area contributed by atoms with Crippen LogP contribution < -0.4 is 5.73 Å². The van der Waals surface area contributed by atoms with E-state index < -0.39 is 0 Å². The van der Waals surface area contributed by atoms with Crippen molar-refractivity contribution in [2.45, 2.75) is 51.5 Å². The van der Waals surface area contributed by atoms with Gasteiger partial charge < -0.3 is 10.3 Å². The number of aryl methyl sites for hydroxylation is 2. The van der Waals surface area contributed by atoms with E-state index >= 15 is 0 Å². The minimum Gasteiger partial charge on any atom is -0.339 e. The van der Waals surface area contributed by atoms with Crippen molar-refractivity contribution in [2.24, 2.45) is 5.73 Å². The van der Waals surface area contributed by atoms with E-state index in [2.05, 4.69) is 42.2 Å². The molecule has 1 saturated carbocycles. The Balaban J connectivity index is 1.82. The average molecular weight is 271 g/mol. The highest BCUT2D eigenvalue weighted by molar-refractivity contribution is 5.32. The molecule has 1 aromatic carbocycles. The van der Waals surface area contributed by atoms with Gasteiger partial charge in [0.1, 0.15) is 0 Å². The van der Waals surface area contributed by atoms with Crippen LogP contribution in [0.2, 0.25) is 0 Å². The molecule has 20 heavy (non-hydrogen) atoms. The minimum atomic E-state index is -0.372. The maximum atomic E-state index is 6.36. The smallest absolute Gasteiger partial charge is 0.231 e. The maximum absolute atomic E-state index is 6.36. The fourth-order valence-electron chi connectivity index (χ4n) is 2.91. The number of rotatable bonds is 3. The summed E-state index contributed by atoms with van der Waals surface area (Å²) in [5, 5.41) is 4.11. The van der Waals surface area contributed by atoms with E-state index in [-0.39, 0.29) is 5.54 Å². The van der Waals surface area contributed by atoms with Gasteiger partial charge in [-0.3, -0.25) is 0 Å². The molecule has 2 N–H and O–H groups in total. The Hall–Kier alpha value is -1.68. The highest BCUT2D eigenvalue weighted by Crippen LogP contribution is 2.34. The van der Waals surface area contributed by atoms with Crippen molar-refractivity contribution in [3.8, 4) is 0 Å². The van der Waals surface area contributed by atoms with Gasteiger partial charge in [0.15, 0.2) is 5.82 Å². The van der Waals surface area contributed by atoms with Gasteiger partial charge in [-0.05, 0) is 37.8 Å². The summed E-state index contributed by atoms with van der Waals surface area (Å²) in [6.45, 7) is 4.20. The third kappa shape index (κ3) is 2.48. The van der Waals surface area contributed by atoms with E-state index in [1.807, 2.05) is 0 Å². The van der Waals surface area contributed by atoms with Gasteiger partial charge in [-0.1, -0.05) is 41.8 Å². The van der Waals surface area contributed by atoms with Crippen LogP contribution in [0.25, 0.3) is 0 Å². The first-order valence-corrected chi connectivity index (χ1v) is 7.25. The van der Waals surface area contributed by atoms with Crippen LogP contribution in [0.15, 0.2) is 22.7 Å². The maximum Gasteiger partial charge on any atom is 0.231 e. The van der Waals surface area contributed by atoms with Gasteiger partial charge in [-0.2, -0.15) is 4.98 Å². The van der Waals surface area contributed by atoms with Crippen LogP contribution in [-0.4, -0.2) is 10.1 Å². The number of nitrogens with zero attached hydrogens (tertiary/aromatic N) is 2. The summed E-state index contributed by atoms with van der Waals surface area (Å²) in [5.74, 6) is 1.33. The summed E-state index contributed by atoms with van der Waals surface area (Å²) in [5.41, 5.74) is 9.71. The second kappa shape index (κ2) is 5.02. The molecule has 1 fully saturated rings. The zero-order chi connectivity index (χ0) is 14.2. The molecule has 0 unspecified atom stereocenters. The molecule has 0 amide bonds. The van der Waals surface area contributed by atoms with Crippen molar-refractivity contribution in [1.29, 1.82) is 0 Å². The first-order valence-electron chi connectivity index (χ1n) is 7.25. The van der Waals surface area contributed by atoms with E-state index in [4.69, 9.17) is 10.3 Å². The van der Waals surface area contributed by atoms with Crippen LogP contribution in [0.5, 0.6) is 0 Å². The summed E-state index contributed by atoms with van der Waals surface area (Å²) < 4.78 is 5.40. The molecule has 3 rings (SSSR count). The second-order valence-corrected chi connectivity index (χ2v) is 5.98. The topological polar surface area (TPSA) is 64.9 Å². The standard InChI is InChI=1S/C16H21N3O/c1-11-5-6-12(2)13(9-11)10-14-18-15(19-20-14)16(17)7-3-4-8-16/h5-6,9H,3-4,7-8,10,17H2,1-2H3. The predicted molar refractivity (Wildman–Crippen MR) is 77.4 cm³/mol. The lowest BCUT2D eigenvalue weighted by atomic mass is 9.98. The highest BCUT2D eigenvalue weighted by Gasteiger charge is 2.35. The van der Waals surface area contributed by atoms with E-state index in [1.165, 1.54) is 16.7 Å². The van der Waals surface area contributed by atoms with Gasteiger partial charge in [-0.25, -0.2) is 0 Å². The Bertz CT molecular complexity index is 612. The summed E-state index contributed by atoms with van der Waals surface area (Å²) in [7, 11) is 0. The van der Waals surface area contributed by atoms with Crippen LogP contribution in [0.4, 0.5) is 0 Å². The number of aromatic nitrogens is 2. The third-order valence-electron chi connectivity index (χ3n) is 4.26. The quantitative estimate of drug-likeness (QED) is 0.932. The molecule has 1 heterocycles. The van der Waals surface area contributed by atoms with Crippen LogP contribution >= 0.6 is 0 Å². The third-order valence-corrected chi connectivity index (χ3v) is 4.26. The molecule has 1 aliphatic rings. The normalized spacial score (nSPS) is 17.6. The highest BCUT2D eigenvalue weighted by atomic mass is 16.5. The Morgan fingerprint density at radius 2 is 2.00 bits per heavy atom. The average Bonchev–Trinajstić information content (AvgIpc) is 3.04. The van der Waals surface area contributed by atoms with Crippen molar-refractivity contribution in [3.63, 3.8) is 0 Å². The number of nitrogens with two attached hydrogens (primary N) is 1. The van der Waals surface area contributed by atoms with Gasteiger partial charge in [0.05, 0.1) is 12.0 Å². The van der Waals surface area contributed by atoms with Crippen molar-refractivity contribution in [1.82, 2.24) is 10.1 Å². The molecule has 0 saturated heterocycles. The van der Waals surface area contributed by atoms with Crippen LogP contribution in [0.3, 0.4) is 0 Å². The molecule has 2 aromatic rings. The largest absolute Gasteiger partial charge is 0.339 e. The summed E-state index contributed by atoms with van der Waals surface area (Å²) in [6, 6.07) is 6.42. The Morgan fingerprint density at radius 1 is 1.25 bits per heavy atom. The predicted octanol–water partition coefficient (Wildman–Crippen LogP) is 3.01. The molecule has 0 bridgehead atoms. The lowest BCUT2D eigenvalue weighted by Gasteiger charge is -2.17. The molecule has 1 aromatic heterocycles. The molecule has 0 aliphatic heterocycles. The van der Waals surface area contributed by atoms with Crippen LogP contribution in [0.1, 0.15) is 54.1 Å². The summed E-state index contributed by atoms with van der Waals surface area (Å²) >= 11 is 0. The van der Waals surface area contributed by atoms with Gasteiger partial charge in [0, 0.05) is 0 Å². The lowest BCUT2D eigenvalue weighted by Crippen LogP contribution is -2.34. The molecule has 106 valence electrons. The second-order valence-electron chi connectivity index (χ2n) is 5.98. The molecule has 0 atom stereocenters. The number of benzene rings is 1. The van der Waals surface area contributed by atoms with Crippen molar-refractivity contribution in [3.05, 3.63) is 46.6 Å². The summed E-state index contributed by atoms with van der Waals surface area (Å²) in [4.78, 5) is 4.53. The van der Waals surface area contributed by atoms with E-state index in [0.717, 1.165) is 25.7 Å². The summed E-state index contributed by atoms with van der Waals surface area (Å²) in [6.07, 6.45) is 4.89. The van der Waals surface area contributed by atoms with Crippen molar-refractivity contribution in [2.75, 3.05) is 0 Å². The van der Waals surface area contributed by atoms with Gasteiger partial charge in [0.25, 0.3) is 0 Å². The van der Waals surface area contributed by atoms with Gasteiger partial charge in [0.2, 0.25) is 5.89 Å². The zero-order valence-electron chi connectivity index (χ0n) is 12.1. The fourth-order valence-corrected chi connectivity index (χ4v) is 2.91. The Kier molecular flexibility index (Phi) is 3.34. The van der Waals surface area contributed by atoms with Crippen LogP contribution in [0, 0.1) is 13.8 Å². The molecular weight excluding hydrogens is 250 g/mol. The zero-order valence-corrected chi connectivity index (χ0v) is 12.1. The monoisotopic (exact) mass is 271 g/mol. The SMILES string of the molecule is Cc1ccc(C)c(Cc2nc(C3(N)CCCC3)no2)c1. The van der Waals surface area contributed by atoms with E-state index in [0.29, 0.717) is 18.1 Å². The fraction of sp³-hybridized carbons (Fsp3) is 0.500. The Labute approximate surface area is 119 Å². The van der Waals surface area contributed by atoms with Crippen molar-refractivity contribution >= 4 is 0 Å². The molecule has 0 radical (unpaired) electrons. The first kappa shape index (κ1) is 13.3. The van der Waals surface area contributed by atoms with Gasteiger partial charge >= 0.3 is 0 Å². The van der Waals surface area contributed by atoms with Crippen LogP contribution in [-0.2, 0) is 12.0 Å². The van der Waals surface area contributed by atoms with Gasteiger partial charge in [-0.15, -0.1) is 0 Å². The molecule has 4 heteroatoms.